The average Bonchev–Trinajstić information content (AvgIpc) is 3.28. The Kier molecular flexibility index (Phi) is 6.29. The summed E-state index contributed by atoms with van der Waals surface area (Å²) in [5.74, 6) is 0.355. The molecular formula is C19H25Cl2N5O. The van der Waals surface area contributed by atoms with Gasteiger partial charge >= 0.3 is 0 Å². The molecule has 0 saturated carbocycles. The Morgan fingerprint density at radius 1 is 1.44 bits per heavy atom. The van der Waals surface area contributed by atoms with Gasteiger partial charge in [-0.15, -0.1) is 12.4 Å². The molecule has 8 heteroatoms. The van der Waals surface area contributed by atoms with E-state index >= 15 is 0 Å². The molecule has 1 aromatic carbocycles. The number of carbonyl (C=O) groups is 1. The summed E-state index contributed by atoms with van der Waals surface area (Å²) in [7, 11) is 0. The number of H-pyrrole nitrogens is 1. The molecule has 6 nitrogen and oxygen atoms in total. The van der Waals surface area contributed by atoms with Gasteiger partial charge in [-0.1, -0.05) is 17.7 Å². The van der Waals surface area contributed by atoms with Gasteiger partial charge in [0, 0.05) is 61.1 Å². The molecule has 146 valence electrons. The number of rotatable bonds is 4. The van der Waals surface area contributed by atoms with Crippen LogP contribution < -0.4 is 15.5 Å². The summed E-state index contributed by atoms with van der Waals surface area (Å²) in [6.45, 7) is 6.33. The molecule has 3 N–H and O–H groups in total. The van der Waals surface area contributed by atoms with Gasteiger partial charge in [-0.3, -0.25) is 9.89 Å². The third-order valence-corrected chi connectivity index (χ3v) is 5.61. The van der Waals surface area contributed by atoms with E-state index in [2.05, 4.69) is 38.7 Å². The van der Waals surface area contributed by atoms with Crippen LogP contribution in [0.3, 0.4) is 0 Å². The highest BCUT2D eigenvalue weighted by molar-refractivity contribution is 6.30. The van der Waals surface area contributed by atoms with Gasteiger partial charge in [0.2, 0.25) is 0 Å². The fourth-order valence-corrected chi connectivity index (χ4v) is 4.04. The van der Waals surface area contributed by atoms with Crippen molar-refractivity contribution in [2.24, 2.45) is 5.92 Å². The number of amides is 1. The highest BCUT2D eigenvalue weighted by Crippen LogP contribution is 2.29. The second-order valence-electron chi connectivity index (χ2n) is 7.20. The number of hydrogen-bond donors (Lipinski definition) is 3. The first-order chi connectivity index (χ1) is 12.6. The number of carbonyl (C=O) groups excluding carboxylic acids is 1. The molecule has 1 saturated heterocycles. The molecule has 1 amide bonds. The van der Waals surface area contributed by atoms with Gasteiger partial charge in [-0.2, -0.15) is 5.10 Å². The molecule has 27 heavy (non-hydrogen) atoms. The zero-order chi connectivity index (χ0) is 18.1. The molecule has 2 aliphatic rings. The van der Waals surface area contributed by atoms with Crippen molar-refractivity contribution in [3.63, 3.8) is 0 Å². The quantitative estimate of drug-likeness (QED) is 0.725. The number of benzene rings is 1. The molecule has 0 aliphatic carbocycles. The number of nitrogens with zero attached hydrogens (tertiary/aromatic N) is 2. The van der Waals surface area contributed by atoms with Gasteiger partial charge in [0.15, 0.2) is 5.69 Å². The summed E-state index contributed by atoms with van der Waals surface area (Å²) < 4.78 is 0. The van der Waals surface area contributed by atoms with Crippen molar-refractivity contribution in [2.75, 3.05) is 31.1 Å². The van der Waals surface area contributed by atoms with E-state index in [1.54, 1.807) is 0 Å². The number of nitrogens with one attached hydrogen (secondary N) is 3. The van der Waals surface area contributed by atoms with Gasteiger partial charge in [0.05, 0.1) is 0 Å². The smallest absolute Gasteiger partial charge is 0.272 e. The molecule has 1 fully saturated rings. The molecule has 1 unspecified atom stereocenters. The molecule has 1 atom stereocenters. The lowest BCUT2D eigenvalue weighted by Crippen LogP contribution is -2.33. The first kappa shape index (κ1) is 20.0. The fourth-order valence-electron chi connectivity index (χ4n) is 3.88. The minimum Gasteiger partial charge on any atom is -0.371 e. The molecular weight excluding hydrogens is 385 g/mol. The zero-order valence-electron chi connectivity index (χ0n) is 15.3. The predicted molar refractivity (Wildman–Crippen MR) is 110 cm³/mol. The third kappa shape index (κ3) is 4.23. The Morgan fingerprint density at radius 3 is 3.15 bits per heavy atom. The van der Waals surface area contributed by atoms with E-state index in [-0.39, 0.29) is 18.3 Å². The lowest BCUT2D eigenvalue weighted by Gasteiger charge is -2.21. The van der Waals surface area contributed by atoms with Crippen molar-refractivity contribution in [3.05, 3.63) is 45.7 Å². The summed E-state index contributed by atoms with van der Waals surface area (Å²) in [5, 5.41) is 14.4. The minimum atomic E-state index is -0.0800. The second-order valence-corrected chi connectivity index (χ2v) is 7.63. The second kappa shape index (κ2) is 8.50. The number of aryl methyl sites for hydroxylation is 1. The van der Waals surface area contributed by atoms with Crippen molar-refractivity contribution in [2.45, 2.75) is 26.3 Å². The number of hydrogen-bond acceptors (Lipinski definition) is 4. The number of anilines is 1. The highest BCUT2D eigenvalue weighted by atomic mass is 35.5. The topological polar surface area (TPSA) is 73.0 Å². The van der Waals surface area contributed by atoms with E-state index in [0.717, 1.165) is 48.8 Å². The van der Waals surface area contributed by atoms with Crippen LogP contribution in [0.15, 0.2) is 18.2 Å². The summed E-state index contributed by atoms with van der Waals surface area (Å²) >= 11 is 6.15. The van der Waals surface area contributed by atoms with Crippen LogP contribution in [0.2, 0.25) is 5.02 Å². The molecule has 0 bridgehead atoms. The van der Waals surface area contributed by atoms with Gasteiger partial charge in [-0.05, 0) is 37.0 Å². The molecule has 4 rings (SSSR count). The SMILES string of the molecule is Cc1ccc(Cl)cc1N1CCC(CNC(=O)c2n[nH]c3c2CNCC3)C1.Cl. The Hall–Kier alpha value is -1.76. The lowest BCUT2D eigenvalue weighted by atomic mass is 10.1. The fraction of sp³-hybridized carbons (Fsp3) is 0.474. The van der Waals surface area contributed by atoms with E-state index in [9.17, 15) is 4.79 Å². The van der Waals surface area contributed by atoms with Crippen molar-refractivity contribution < 1.29 is 4.79 Å². The molecule has 0 spiro atoms. The van der Waals surface area contributed by atoms with Crippen LogP contribution >= 0.6 is 24.0 Å². The van der Waals surface area contributed by atoms with E-state index in [0.29, 0.717) is 24.7 Å². The normalized spacial score (nSPS) is 18.7. The number of fused-ring (bicyclic) bond motifs is 1. The van der Waals surface area contributed by atoms with Crippen molar-refractivity contribution in [3.8, 4) is 0 Å². The molecule has 3 heterocycles. The standard InChI is InChI=1S/C19H24ClN5O.ClH/c1-12-2-3-14(20)8-17(12)25-7-5-13(11-25)9-22-19(26)18-15-10-21-6-4-16(15)23-24-18;/h2-3,8,13,21H,4-7,9-11H2,1H3,(H,22,26)(H,23,24);1H. The van der Waals surface area contributed by atoms with Gasteiger partial charge in [0.1, 0.15) is 0 Å². The maximum Gasteiger partial charge on any atom is 0.272 e. The third-order valence-electron chi connectivity index (χ3n) is 5.37. The Bertz CT molecular complexity index is 822. The van der Waals surface area contributed by atoms with Crippen LogP contribution in [0.4, 0.5) is 5.69 Å². The highest BCUT2D eigenvalue weighted by Gasteiger charge is 2.26. The van der Waals surface area contributed by atoms with Gasteiger partial charge < -0.3 is 15.5 Å². The predicted octanol–water partition coefficient (Wildman–Crippen LogP) is 2.70. The maximum absolute atomic E-state index is 12.5. The van der Waals surface area contributed by atoms with Crippen LogP contribution in [-0.4, -0.2) is 42.3 Å². The van der Waals surface area contributed by atoms with Crippen molar-refractivity contribution in [1.29, 1.82) is 0 Å². The number of aromatic amines is 1. The molecule has 0 radical (unpaired) electrons. The van der Waals surface area contributed by atoms with Crippen LogP contribution in [0.5, 0.6) is 0 Å². The van der Waals surface area contributed by atoms with E-state index in [1.165, 1.54) is 11.3 Å². The Balaban J connectivity index is 0.00000210. The molecule has 2 aliphatic heterocycles. The largest absolute Gasteiger partial charge is 0.371 e. The van der Waals surface area contributed by atoms with E-state index < -0.39 is 0 Å². The monoisotopic (exact) mass is 409 g/mol. The number of halogens is 2. The van der Waals surface area contributed by atoms with Gasteiger partial charge in [0.25, 0.3) is 5.91 Å². The lowest BCUT2D eigenvalue weighted by molar-refractivity contribution is 0.0942. The molecule has 2 aromatic rings. The first-order valence-corrected chi connectivity index (χ1v) is 9.55. The van der Waals surface area contributed by atoms with Crippen molar-refractivity contribution >= 4 is 35.6 Å². The van der Waals surface area contributed by atoms with Crippen molar-refractivity contribution in [1.82, 2.24) is 20.8 Å². The summed E-state index contributed by atoms with van der Waals surface area (Å²) in [4.78, 5) is 14.9. The van der Waals surface area contributed by atoms with E-state index in [1.807, 2.05) is 12.1 Å². The average molecular weight is 410 g/mol. The van der Waals surface area contributed by atoms with Crippen LogP contribution in [-0.2, 0) is 13.0 Å². The maximum atomic E-state index is 12.5. The minimum absolute atomic E-state index is 0. The summed E-state index contributed by atoms with van der Waals surface area (Å²) in [6.07, 6.45) is 1.96. The Morgan fingerprint density at radius 2 is 2.30 bits per heavy atom. The van der Waals surface area contributed by atoms with E-state index in [4.69, 9.17) is 11.6 Å². The van der Waals surface area contributed by atoms with Gasteiger partial charge in [-0.25, -0.2) is 0 Å². The summed E-state index contributed by atoms with van der Waals surface area (Å²) in [6, 6.07) is 6.01. The zero-order valence-corrected chi connectivity index (χ0v) is 16.9. The molecule has 1 aromatic heterocycles. The van der Waals surface area contributed by atoms with Crippen LogP contribution in [0.25, 0.3) is 0 Å². The first-order valence-electron chi connectivity index (χ1n) is 9.18. The summed E-state index contributed by atoms with van der Waals surface area (Å²) in [5.41, 5.74) is 5.05. The number of aromatic nitrogens is 2. The van der Waals surface area contributed by atoms with Crippen LogP contribution in [0, 0.1) is 12.8 Å². The van der Waals surface area contributed by atoms with Crippen LogP contribution in [0.1, 0.15) is 33.7 Å². The Labute approximate surface area is 170 Å².